The quantitative estimate of drug-likeness (QED) is 0.523. The van der Waals surface area contributed by atoms with Gasteiger partial charge in [0.15, 0.2) is 0 Å². The van der Waals surface area contributed by atoms with Crippen molar-refractivity contribution in [2.45, 2.75) is 19.9 Å². The first kappa shape index (κ1) is 14.9. The number of nitrogens with one attached hydrogen (secondary N) is 3. The number of aromatic nitrogens is 4. The van der Waals surface area contributed by atoms with Crippen molar-refractivity contribution in [3.05, 3.63) is 42.7 Å². The Morgan fingerprint density at radius 3 is 2.85 bits per heavy atom. The van der Waals surface area contributed by atoms with Crippen molar-refractivity contribution >= 4 is 22.4 Å². The summed E-state index contributed by atoms with van der Waals surface area (Å²) in [5, 5.41) is 6.19. The molecule has 3 heterocycles. The van der Waals surface area contributed by atoms with Gasteiger partial charge >= 0.3 is 0 Å². The molecule has 0 spiro atoms. The number of imidazole rings is 1. The van der Waals surface area contributed by atoms with Gasteiger partial charge in [-0.25, -0.2) is 4.98 Å². The molecule has 1 aliphatic heterocycles. The first-order chi connectivity index (χ1) is 12.7. The molecule has 0 saturated heterocycles. The third-order valence-corrected chi connectivity index (χ3v) is 4.43. The highest BCUT2D eigenvalue weighted by Gasteiger charge is 2.22. The van der Waals surface area contributed by atoms with Crippen LogP contribution in [0.1, 0.15) is 13.8 Å². The van der Waals surface area contributed by atoms with Gasteiger partial charge in [-0.2, -0.15) is 4.98 Å². The molecule has 8 heteroatoms. The molecule has 0 fully saturated rings. The van der Waals surface area contributed by atoms with E-state index in [-0.39, 0.29) is 0 Å². The van der Waals surface area contributed by atoms with Crippen LogP contribution in [0.5, 0.6) is 0 Å². The first-order valence-electron chi connectivity index (χ1n) is 8.41. The van der Waals surface area contributed by atoms with E-state index in [9.17, 15) is 0 Å². The topological polar surface area (TPSA) is 94.9 Å². The zero-order chi connectivity index (χ0) is 17.7. The second kappa shape index (κ2) is 5.57. The Kier molecular flexibility index (Phi) is 3.19. The van der Waals surface area contributed by atoms with Gasteiger partial charge in [-0.3, -0.25) is 5.01 Å². The molecule has 0 aliphatic carbocycles. The number of fused-ring (bicyclic) bond motifs is 2. The summed E-state index contributed by atoms with van der Waals surface area (Å²) < 4.78 is 5.48. The maximum absolute atomic E-state index is 5.48. The van der Waals surface area contributed by atoms with E-state index < -0.39 is 0 Å². The Morgan fingerprint density at radius 2 is 1.96 bits per heavy atom. The van der Waals surface area contributed by atoms with Gasteiger partial charge in [-0.1, -0.05) is 5.16 Å². The van der Waals surface area contributed by atoms with Gasteiger partial charge in [0.25, 0.3) is 5.89 Å². The molecule has 2 aromatic heterocycles. The fourth-order valence-corrected chi connectivity index (χ4v) is 3.10. The van der Waals surface area contributed by atoms with Gasteiger partial charge in [0, 0.05) is 17.2 Å². The summed E-state index contributed by atoms with van der Waals surface area (Å²) in [6.45, 7) is 4.25. The molecule has 130 valence electrons. The average molecular weight is 347 g/mol. The van der Waals surface area contributed by atoms with Crippen LogP contribution in [0.3, 0.4) is 0 Å². The highest BCUT2D eigenvalue weighted by molar-refractivity contribution is 5.81. The molecule has 0 unspecified atom stereocenters. The monoisotopic (exact) mass is 347 g/mol. The van der Waals surface area contributed by atoms with E-state index in [0.29, 0.717) is 17.8 Å². The number of rotatable bonds is 3. The van der Waals surface area contributed by atoms with Gasteiger partial charge in [0.2, 0.25) is 5.82 Å². The van der Waals surface area contributed by atoms with E-state index in [4.69, 9.17) is 4.52 Å². The number of hydrogen-bond donors (Lipinski definition) is 3. The molecule has 0 saturated carbocycles. The number of hydrogen-bond acceptors (Lipinski definition) is 7. The zero-order valence-electron chi connectivity index (χ0n) is 14.3. The summed E-state index contributed by atoms with van der Waals surface area (Å²) in [6, 6.07) is 12.2. The third kappa shape index (κ3) is 2.31. The van der Waals surface area contributed by atoms with Crippen molar-refractivity contribution < 1.29 is 4.52 Å². The minimum Gasteiger partial charge on any atom is -0.345 e. The van der Waals surface area contributed by atoms with E-state index in [1.165, 1.54) is 0 Å². The third-order valence-electron chi connectivity index (χ3n) is 4.43. The van der Waals surface area contributed by atoms with Crippen molar-refractivity contribution in [3.63, 3.8) is 0 Å². The fraction of sp³-hybridized carbons (Fsp3) is 0.167. The standard InChI is InChI=1S/C18H17N7O/c1-10(2)25-16-6-4-12(8-15(16)22-24-25)18-21-17(23-26-18)11-3-5-13-14(7-11)20-9-19-13/h3-10,22,24H,1-2H3,(H,19,20). The van der Waals surface area contributed by atoms with Crippen LogP contribution in [0.4, 0.5) is 11.4 Å². The van der Waals surface area contributed by atoms with Gasteiger partial charge in [-0.05, 0) is 50.2 Å². The average Bonchev–Trinajstić information content (AvgIpc) is 3.38. The van der Waals surface area contributed by atoms with Crippen LogP contribution in [0, 0.1) is 0 Å². The minimum absolute atomic E-state index is 0.335. The van der Waals surface area contributed by atoms with Gasteiger partial charge < -0.3 is 14.9 Å². The van der Waals surface area contributed by atoms with Crippen molar-refractivity contribution in [1.82, 2.24) is 25.6 Å². The highest BCUT2D eigenvalue weighted by Crippen LogP contribution is 2.34. The fourth-order valence-electron chi connectivity index (χ4n) is 3.10. The molecule has 1 aliphatic rings. The minimum atomic E-state index is 0.335. The lowest BCUT2D eigenvalue weighted by Crippen LogP contribution is -2.41. The van der Waals surface area contributed by atoms with E-state index >= 15 is 0 Å². The Morgan fingerprint density at radius 1 is 1.08 bits per heavy atom. The predicted octanol–water partition coefficient (Wildman–Crippen LogP) is 3.34. The summed E-state index contributed by atoms with van der Waals surface area (Å²) in [5.41, 5.74) is 12.0. The molecule has 4 aromatic rings. The summed E-state index contributed by atoms with van der Waals surface area (Å²) in [5.74, 6) is 1.03. The second-order valence-electron chi connectivity index (χ2n) is 6.49. The lowest BCUT2D eigenvalue weighted by atomic mass is 10.1. The smallest absolute Gasteiger partial charge is 0.258 e. The van der Waals surface area contributed by atoms with Crippen LogP contribution >= 0.6 is 0 Å². The van der Waals surface area contributed by atoms with Crippen molar-refractivity contribution in [3.8, 4) is 22.8 Å². The Bertz CT molecular complexity index is 1100. The molecule has 3 N–H and O–H groups in total. The van der Waals surface area contributed by atoms with Crippen LogP contribution in [0.25, 0.3) is 33.9 Å². The number of hydrazine groups is 2. The van der Waals surface area contributed by atoms with Crippen molar-refractivity contribution in [1.29, 1.82) is 0 Å². The Labute approximate surface area is 149 Å². The number of benzene rings is 2. The summed E-state index contributed by atoms with van der Waals surface area (Å²) >= 11 is 0. The largest absolute Gasteiger partial charge is 0.345 e. The van der Waals surface area contributed by atoms with Crippen LogP contribution in [-0.4, -0.2) is 26.2 Å². The Hall–Kier alpha value is -3.39. The molecule has 0 atom stereocenters. The molecule has 0 bridgehead atoms. The van der Waals surface area contributed by atoms with Crippen LogP contribution in [0.2, 0.25) is 0 Å². The number of anilines is 2. The van der Waals surface area contributed by atoms with Crippen LogP contribution < -0.4 is 16.0 Å². The molecule has 5 rings (SSSR count). The maximum Gasteiger partial charge on any atom is 0.258 e. The molecule has 8 nitrogen and oxygen atoms in total. The van der Waals surface area contributed by atoms with Gasteiger partial charge in [-0.15, -0.1) is 5.53 Å². The van der Waals surface area contributed by atoms with Gasteiger partial charge in [0.05, 0.1) is 28.7 Å². The summed E-state index contributed by atoms with van der Waals surface area (Å²) in [6.07, 6.45) is 1.67. The van der Waals surface area contributed by atoms with Gasteiger partial charge in [0.1, 0.15) is 0 Å². The van der Waals surface area contributed by atoms with E-state index in [2.05, 4.69) is 49.9 Å². The molecular weight excluding hydrogens is 330 g/mol. The lowest BCUT2D eigenvalue weighted by molar-refractivity contribution is 0.432. The normalized spacial score (nSPS) is 13.4. The number of H-pyrrole nitrogens is 1. The number of nitrogens with zero attached hydrogens (tertiary/aromatic N) is 4. The van der Waals surface area contributed by atoms with Crippen LogP contribution in [-0.2, 0) is 0 Å². The molecule has 0 amide bonds. The Balaban J connectivity index is 1.49. The second-order valence-corrected chi connectivity index (χ2v) is 6.49. The SMILES string of the molecule is CC(C)N1NNc2cc(-c3nc(-c4ccc5nc[nH]c5c4)no3)ccc21. The molecule has 26 heavy (non-hydrogen) atoms. The number of aromatic amines is 1. The molecule has 0 radical (unpaired) electrons. The van der Waals surface area contributed by atoms with E-state index in [1.54, 1.807) is 6.33 Å². The summed E-state index contributed by atoms with van der Waals surface area (Å²) in [4.78, 5) is 11.9. The maximum atomic E-state index is 5.48. The van der Waals surface area contributed by atoms with E-state index in [1.807, 2.05) is 36.4 Å². The van der Waals surface area contributed by atoms with Crippen LogP contribution in [0.15, 0.2) is 47.2 Å². The van der Waals surface area contributed by atoms with E-state index in [0.717, 1.165) is 33.5 Å². The highest BCUT2D eigenvalue weighted by atomic mass is 16.5. The first-order valence-corrected chi connectivity index (χ1v) is 8.41. The molecular formula is C18H17N7O. The zero-order valence-corrected chi connectivity index (χ0v) is 14.3. The van der Waals surface area contributed by atoms with Crippen molar-refractivity contribution in [2.75, 3.05) is 10.4 Å². The predicted molar refractivity (Wildman–Crippen MR) is 99.2 cm³/mol. The molecule has 2 aromatic carbocycles. The lowest BCUT2D eigenvalue weighted by Gasteiger charge is -2.21. The summed E-state index contributed by atoms with van der Waals surface area (Å²) in [7, 11) is 0. The van der Waals surface area contributed by atoms with Crippen molar-refractivity contribution in [2.24, 2.45) is 0 Å².